The summed E-state index contributed by atoms with van der Waals surface area (Å²) in [5.74, 6) is 0.0144. The quantitative estimate of drug-likeness (QED) is 0.201. The first kappa shape index (κ1) is 24.4. The highest BCUT2D eigenvalue weighted by Crippen LogP contribution is 2.51. The van der Waals surface area contributed by atoms with Gasteiger partial charge in [-0.05, 0) is 0 Å². The van der Waals surface area contributed by atoms with Crippen LogP contribution in [0.3, 0.4) is 0 Å². The van der Waals surface area contributed by atoms with Crippen LogP contribution in [0.4, 0.5) is 0 Å². The molecule has 13 heteroatoms. The molecule has 0 amide bonds. The molecule has 0 N–H and O–H groups in total. The van der Waals surface area contributed by atoms with E-state index >= 15 is 0 Å². The smallest absolute Gasteiger partial charge is 0.454 e. The average molecular weight is 589 g/mol. The van der Waals surface area contributed by atoms with Crippen molar-refractivity contribution in [1.82, 2.24) is 0 Å². The van der Waals surface area contributed by atoms with Crippen molar-refractivity contribution in [2.45, 2.75) is 13.1 Å². The fourth-order valence-electron chi connectivity index (χ4n) is 1.86. The molecule has 0 unspecified atom stereocenters. The highest BCUT2D eigenvalue weighted by molar-refractivity contribution is 6.67. The van der Waals surface area contributed by atoms with Crippen molar-refractivity contribution in [3.63, 3.8) is 0 Å². The molecule has 0 aliphatic rings. The van der Waals surface area contributed by atoms with Crippen molar-refractivity contribution < 1.29 is 8.85 Å². The van der Waals surface area contributed by atoms with Crippen LogP contribution in [0.15, 0.2) is 0 Å². The number of hydrogen-bond acceptors (Lipinski definition) is 2. The summed E-state index contributed by atoms with van der Waals surface area (Å²) in [6, 6.07) is 0. The first-order chi connectivity index (χ1) is 12.3. The fourth-order valence-corrected chi connectivity index (χ4v) is 5.95. The van der Waals surface area contributed by atoms with Crippen LogP contribution in [0.1, 0.15) is 0 Å². The van der Waals surface area contributed by atoms with Crippen LogP contribution in [0.5, 0.6) is 11.5 Å². The summed E-state index contributed by atoms with van der Waals surface area (Å²) in [6.07, 6.45) is 0. The summed E-state index contributed by atoms with van der Waals surface area (Å²) in [7, 11) is -3.10. The predicted molar refractivity (Wildman–Crippen MR) is 122 cm³/mol. The average Bonchev–Trinajstić information content (AvgIpc) is 2.62. The van der Waals surface area contributed by atoms with Crippen molar-refractivity contribution in [3.05, 3.63) is 50.2 Å². The summed E-state index contributed by atoms with van der Waals surface area (Å²) in [6.45, 7) is 3.33. The van der Waals surface area contributed by atoms with Crippen molar-refractivity contribution >= 4 is 125 Å². The molecule has 148 valence electrons. The number of hydrogen-bond donors (Lipinski definition) is 0. The number of rotatable bonds is 4. The monoisotopic (exact) mass is 584 g/mol. The Balaban J connectivity index is 2.49. The molecule has 2 rings (SSSR count). The SMILES string of the molecule is C[Si](C)(Oc1c(Cl)c(Cl)c(Cl)c(Cl)c1Cl)Oc1c(Cl)c(Cl)c(Cl)c(Cl)c1Cl. The minimum Gasteiger partial charge on any atom is -0.509 e. The second kappa shape index (κ2) is 9.11. The lowest BCUT2D eigenvalue weighted by Crippen LogP contribution is -2.42. The lowest BCUT2D eigenvalue weighted by atomic mass is 10.3. The van der Waals surface area contributed by atoms with E-state index in [1.807, 2.05) is 0 Å². The van der Waals surface area contributed by atoms with Crippen LogP contribution >= 0.6 is 116 Å². The van der Waals surface area contributed by atoms with Gasteiger partial charge in [-0.1, -0.05) is 116 Å². The van der Waals surface area contributed by atoms with Gasteiger partial charge in [0.25, 0.3) is 0 Å². The molecule has 2 aromatic carbocycles. The van der Waals surface area contributed by atoms with Crippen LogP contribution in [0, 0.1) is 0 Å². The van der Waals surface area contributed by atoms with E-state index < -0.39 is 8.56 Å². The Morgan fingerprint density at radius 1 is 0.407 bits per heavy atom. The van der Waals surface area contributed by atoms with Gasteiger partial charge in [-0.25, -0.2) is 0 Å². The van der Waals surface area contributed by atoms with E-state index in [0.29, 0.717) is 0 Å². The maximum Gasteiger partial charge on any atom is 0.454 e. The lowest BCUT2D eigenvalue weighted by Gasteiger charge is -2.28. The Labute approximate surface area is 206 Å². The van der Waals surface area contributed by atoms with Gasteiger partial charge in [0.2, 0.25) is 0 Å². The van der Waals surface area contributed by atoms with E-state index in [4.69, 9.17) is 125 Å². The van der Waals surface area contributed by atoms with Crippen LogP contribution in [-0.2, 0) is 0 Å². The predicted octanol–water partition coefficient (Wildman–Crippen LogP) is 10.4. The molecule has 0 radical (unpaired) electrons. The Morgan fingerprint density at radius 2 is 0.593 bits per heavy atom. The summed E-state index contributed by atoms with van der Waals surface area (Å²) in [5.41, 5.74) is 0. The molecule has 0 heterocycles. The molecule has 0 aromatic heterocycles. The largest absolute Gasteiger partial charge is 0.509 e. The first-order valence-electron chi connectivity index (χ1n) is 6.71. The maximum absolute atomic E-state index is 6.19. The van der Waals surface area contributed by atoms with Crippen molar-refractivity contribution in [2.24, 2.45) is 0 Å². The van der Waals surface area contributed by atoms with Gasteiger partial charge < -0.3 is 8.85 Å². The normalized spacial score (nSPS) is 11.7. The van der Waals surface area contributed by atoms with E-state index in [0.717, 1.165) is 0 Å². The van der Waals surface area contributed by atoms with Crippen LogP contribution in [0.25, 0.3) is 0 Å². The van der Waals surface area contributed by atoms with Crippen LogP contribution < -0.4 is 8.85 Å². The van der Waals surface area contributed by atoms with Gasteiger partial charge >= 0.3 is 8.56 Å². The molecule has 2 nitrogen and oxygen atoms in total. The zero-order valence-electron chi connectivity index (χ0n) is 13.1. The molecule has 0 fully saturated rings. The highest BCUT2D eigenvalue weighted by atomic mass is 35.5. The second-order valence-corrected chi connectivity index (χ2v) is 12.4. The van der Waals surface area contributed by atoms with Gasteiger partial charge in [-0.3, -0.25) is 0 Å². The van der Waals surface area contributed by atoms with Crippen LogP contribution in [0.2, 0.25) is 63.3 Å². The number of benzene rings is 2. The minimum absolute atomic E-state index is 0.00317. The van der Waals surface area contributed by atoms with E-state index in [2.05, 4.69) is 0 Å². The van der Waals surface area contributed by atoms with Gasteiger partial charge in [0.1, 0.15) is 31.6 Å². The van der Waals surface area contributed by atoms with Crippen molar-refractivity contribution in [1.29, 1.82) is 0 Å². The Morgan fingerprint density at radius 3 is 0.815 bits per heavy atom. The molecule has 0 saturated heterocycles. The zero-order valence-corrected chi connectivity index (χ0v) is 21.7. The zero-order chi connectivity index (χ0) is 20.8. The fraction of sp³-hybridized carbons (Fsp3) is 0.143. The van der Waals surface area contributed by atoms with E-state index in [1.165, 1.54) is 0 Å². The van der Waals surface area contributed by atoms with E-state index in [1.54, 1.807) is 13.1 Å². The molecule has 2 aromatic rings. The van der Waals surface area contributed by atoms with Crippen LogP contribution in [-0.4, -0.2) is 8.56 Å². The van der Waals surface area contributed by atoms with Crippen molar-refractivity contribution in [2.75, 3.05) is 0 Å². The highest BCUT2D eigenvalue weighted by Gasteiger charge is 2.35. The van der Waals surface area contributed by atoms with Gasteiger partial charge in [0, 0.05) is 13.1 Å². The molecule has 0 aliphatic heterocycles. The molecule has 0 atom stereocenters. The summed E-state index contributed by atoms with van der Waals surface area (Å²) in [5, 5.41) is -0.139. The molecule has 27 heavy (non-hydrogen) atoms. The molecule has 0 saturated carbocycles. The van der Waals surface area contributed by atoms with Crippen molar-refractivity contribution in [3.8, 4) is 11.5 Å². The summed E-state index contributed by atoms with van der Waals surface area (Å²) in [4.78, 5) is 0. The standard InChI is InChI=1S/C14H6Cl10O2Si/c1-27(2,25-13-9(21)5(17)3(15)6(18)10(13)22)26-14-11(23)7(19)4(16)8(20)12(14)24/h1-2H3. The summed E-state index contributed by atoms with van der Waals surface area (Å²) < 4.78 is 11.8. The molecular formula is C14H6Cl10O2Si. The third-order valence-electron chi connectivity index (χ3n) is 3.03. The molecule has 0 spiro atoms. The Bertz CT molecular complexity index is 800. The third-order valence-corrected chi connectivity index (χ3v) is 8.91. The molecule has 0 bridgehead atoms. The van der Waals surface area contributed by atoms with Gasteiger partial charge in [0.15, 0.2) is 0 Å². The molecular weight excluding hydrogens is 583 g/mol. The third kappa shape index (κ3) is 4.91. The topological polar surface area (TPSA) is 18.5 Å². The minimum atomic E-state index is -3.10. The Kier molecular flexibility index (Phi) is 8.24. The van der Waals surface area contributed by atoms with E-state index in [-0.39, 0.29) is 61.7 Å². The second-order valence-electron chi connectivity index (χ2n) is 5.40. The lowest BCUT2D eigenvalue weighted by molar-refractivity contribution is 0.400. The Hall–Kier alpha value is 1.16. The number of halogens is 10. The van der Waals surface area contributed by atoms with Gasteiger partial charge in [-0.15, -0.1) is 0 Å². The summed E-state index contributed by atoms with van der Waals surface area (Å²) >= 11 is 60.9. The van der Waals surface area contributed by atoms with E-state index in [9.17, 15) is 0 Å². The first-order valence-corrected chi connectivity index (χ1v) is 13.3. The van der Waals surface area contributed by atoms with Gasteiger partial charge in [0.05, 0.1) is 30.1 Å². The van der Waals surface area contributed by atoms with Gasteiger partial charge in [-0.2, -0.15) is 0 Å². The maximum atomic E-state index is 6.19. The molecule has 0 aliphatic carbocycles.